The molecule has 0 unspecified atom stereocenters. The Labute approximate surface area is 86.1 Å². The van der Waals surface area contributed by atoms with Gasteiger partial charge in [-0.25, -0.2) is 0 Å². The standard InChI is InChI=1S/C13H18O/c1-2-3-9-13(14)11-10-12-7-5-4-6-8-12/h2,4-8,13-14H,1,3,9-11H2/t13-/m0/s1. The lowest BCUT2D eigenvalue weighted by atomic mass is 10.0. The summed E-state index contributed by atoms with van der Waals surface area (Å²) in [4.78, 5) is 0. The van der Waals surface area contributed by atoms with Crippen LogP contribution in [0.25, 0.3) is 0 Å². The summed E-state index contributed by atoms with van der Waals surface area (Å²) in [5.41, 5.74) is 1.30. The first-order chi connectivity index (χ1) is 6.83. The molecule has 0 spiro atoms. The van der Waals surface area contributed by atoms with Crippen LogP contribution in [0.15, 0.2) is 43.0 Å². The van der Waals surface area contributed by atoms with Crippen molar-refractivity contribution in [1.29, 1.82) is 0 Å². The summed E-state index contributed by atoms with van der Waals surface area (Å²) < 4.78 is 0. The fourth-order valence-electron chi connectivity index (χ4n) is 1.43. The van der Waals surface area contributed by atoms with Gasteiger partial charge in [-0.3, -0.25) is 0 Å². The van der Waals surface area contributed by atoms with E-state index in [9.17, 15) is 5.11 Å². The normalized spacial score (nSPS) is 12.4. The van der Waals surface area contributed by atoms with Crippen LogP contribution in [0.2, 0.25) is 0 Å². The van der Waals surface area contributed by atoms with Crippen molar-refractivity contribution in [3.05, 3.63) is 48.6 Å². The zero-order chi connectivity index (χ0) is 10.2. The van der Waals surface area contributed by atoms with Crippen molar-refractivity contribution in [3.63, 3.8) is 0 Å². The van der Waals surface area contributed by atoms with Crippen LogP contribution >= 0.6 is 0 Å². The number of aliphatic hydroxyl groups is 1. The lowest BCUT2D eigenvalue weighted by Crippen LogP contribution is -2.07. The Morgan fingerprint density at radius 1 is 1.21 bits per heavy atom. The SMILES string of the molecule is C=CCC[C@H](O)CCc1ccccc1. The Bertz CT molecular complexity index is 253. The van der Waals surface area contributed by atoms with Gasteiger partial charge in [-0.15, -0.1) is 6.58 Å². The first kappa shape index (κ1) is 11.0. The molecule has 0 heterocycles. The Hall–Kier alpha value is -1.08. The van der Waals surface area contributed by atoms with Crippen molar-refractivity contribution in [1.82, 2.24) is 0 Å². The van der Waals surface area contributed by atoms with Gasteiger partial charge in [0.15, 0.2) is 0 Å². The molecule has 0 fully saturated rings. The van der Waals surface area contributed by atoms with Gasteiger partial charge in [0.05, 0.1) is 6.10 Å². The highest BCUT2D eigenvalue weighted by Gasteiger charge is 2.02. The molecular weight excluding hydrogens is 172 g/mol. The molecule has 0 radical (unpaired) electrons. The van der Waals surface area contributed by atoms with E-state index in [1.54, 1.807) is 0 Å². The monoisotopic (exact) mass is 190 g/mol. The van der Waals surface area contributed by atoms with Crippen molar-refractivity contribution in [2.45, 2.75) is 31.8 Å². The number of hydrogen-bond donors (Lipinski definition) is 1. The van der Waals surface area contributed by atoms with Crippen molar-refractivity contribution >= 4 is 0 Å². The zero-order valence-corrected chi connectivity index (χ0v) is 8.52. The maximum Gasteiger partial charge on any atom is 0.0546 e. The molecule has 1 nitrogen and oxygen atoms in total. The van der Waals surface area contributed by atoms with Gasteiger partial charge in [-0.2, -0.15) is 0 Å². The van der Waals surface area contributed by atoms with E-state index in [1.807, 2.05) is 24.3 Å². The Balaban J connectivity index is 2.23. The Morgan fingerprint density at radius 2 is 1.93 bits per heavy atom. The molecule has 1 heteroatoms. The van der Waals surface area contributed by atoms with Crippen LogP contribution < -0.4 is 0 Å². The van der Waals surface area contributed by atoms with E-state index in [4.69, 9.17) is 0 Å². The highest BCUT2D eigenvalue weighted by molar-refractivity contribution is 5.14. The van der Waals surface area contributed by atoms with Gasteiger partial charge in [-0.1, -0.05) is 36.4 Å². The van der Waals surface area contributed by atoms with E-state index in [-0.39, 0.29) is 6.10 Å². The van der Waals surface area contributed by atoms with Crippen molar-refractivity contribution in [2.75, 3.05) is 0 Å². The average molecular weight is 190 g/mol. The quantitative estimate of drug-likeness (QED) is 0.684. The summed E-state index contributed by atoms with van der Waals surface area (Å²) in [5.74, 6) is 0. The summed E-state index contributed by atoms with van der Waals surface area (Å²) in [5, 5.41) is 9.59. The first-order valence-electron chi connectivity index (χ1n) is 5.16. The van der Waals surface area contributed by atoms with E-state index < -0.39 is 0 Å². The van der Waals surface area contributed by atoms with Crippen LogP contribution in [0.1, 0.15) is 24.8 Å². The number of benzene rings is 1. The van der Waals surface area contributed by atoms with E-state index in [0.717, 1.165) is 25.7 Å². The molecule has 1 rings (SSSR count). The molecule has 0 saturated heterocycles. The second kappa shape index (κ2) is 6.39. The number of allylic oxidation sites excluding steroid dienone is 1. The predicted molar refractivity (Wildman–Crippen MR) is 60.2 cm³/mol. The molecule has 1 aromatic rings. The molecule has 14 heavy (non-hydrogen) atoms. The minimum Gasteiger partial charge on any atom is -0.393 e. The van der Waals surface area contributed by atoms with Crippen LogP contribution in [-0.4, -0.2) is 11.2 Å². The summed E-state index contributed by atoms with van der Waals surface area (Å²) in [6.45, 7) is 3.64. The van der Waals surface area contributed by atoms with Crippen LogP contribution in [0.4, 0.5) is 0 Å². The Morgan fingerprint density at radius 3 is 2.57 bits per heavy atom. The highest BCUT2D eigenvalue weighted by Crippen LogP contribution is 2.08. The second-order valence-corrected chi connectivity index (χ2v) is 3.54. The molecule has 0 bridgehead atoms. The fourth-order valence-corrected chi connectivity index (χ4v) is 1.43. The molecule has 76 valence electrons. The number of aryl methyl sites for hydroxylation is 1. The van der Waals surface area contributed by atoms with Gasteiger partial charge in [0.25, 0.3) is 0 Å². The third-order valence-corrected chi connectivity index (χ3v) is 2.31. The van der Waals surface area contributed by atoms with Crippen molar-refractivity contribution in [3.8, 4) is 0 Å². The lowest BCUT2D eigenvalue weighted by molar-refractivity contribution is 0.156. The highest BCUT2D eigenvalue weighted by atomic mass is 16.3. The molecule has 0 aliphatic rings. The molecule has 0 amide bonds. The minimum atomic E-state index is -0.187. The van der Waals surface area contributed by atoms with Gasteiger partial charge in [-0.05, 0) is 31.2 Å². The number of rotatable bonds is 6. The van der Waals surface area contributed by atoms with E-state index in [0.29, 0.717) is 0 Å². The lowest BCUT2D eigenvalue weighted by Gasteiger charge is -2.08. The summed E-state index contributed by atoms with van der Waals surface area (Å²) in [6.07, 6.45) is 5.20. The van der Waals surface area contributed by atoms with E-state index in [1.165, 1.54) is 5.56 Å². The molecule has 1 N–H and O–H groups in total. The molecule has 1 aromatic carbocycles. The van der Waals surface area contributed by atoms with E-state index >= 15 is 0 Å². The topological polar surface area (TPSA) is 20.2 Å². The third kappa shape index (κ3) is 4.24. The largest absolute Gasteiger partial charge is 0.393 e. The number of hydrogen-bond acceptors (Lipinski definition) is 1. The van der Waals surface area contributed by atoms with Crippen LogP contribution in [0.3, 0.4) is 0 Å². The van der Waals surface area contributed by atoms with Gasteiger partial charge in [0, 0.05) is 0 Å². The molecule has 0 aliphatic carbocycles. The maximum absolute atomic E-state index is 9.59. The van der Waals surface area contributed by atoms with Crippen LogP contribution in [0.5, 0.6) is 0 Å². The van der Waals surface area contributed by atoms with Gasteiger partial charge in [0.1, 0.15) is 0 Å². The van der Waals surface area contributed by atoms with Crippen molar-refractivity contribution < 1.29 is 5.11 Å². The summed E-state index contributed by atoms with van der Waals surface area (Å²) in [7, 11) is 0. The van der Waals surface area contributed by atoms with E-state index in [2.05, 4.69) is 18.7 Å². The maximum atomic E-state index is 9.59. The van der Waals surface area contributed by atoms with Crippen molar-refractivity contribution in [2.24, 2.45) is 0 Å². The van der Waals surface area contributed by atoms with Gasteiger partial charge >= 0.3 is 0 Å². The van der Waals surface area contributed by atoms with Crippen LogP contribution in [0, 0.1) is 0 Å². The summed E-state index contributed by atoms with van der Waals surface area (Å²) in [6, 6.07) is 10.3. The smallest absolute Gasteiger partial charge is 0.0546 e. The summed E-state index contributed by atoms with van der Waals surface area (Å²) >= 11 is 0. The third-order valence-electron chi connectivity index (χ3n) is 2.31. The second-order valence-electron chi connectivity index (χ2n) is 3.54. The predicted octanol–water partition coefficient (Wildman–Crippen LogP) is 2.95. The molecular formula is C13H18O. The average Bonchev–Trinajstić information content (AvgIpc) is 2.25. The fraction of sp³-hybridized carbons (Fsp3) is 0.385. The molecule has 0 aromatic heterocycles. The van der Waals surface area contributed by atoms with Gasteiger partial charge < -0.3 is 5.11 Å². The van der Waals surface area contributed by atoms with Gasteiger partial charge in [0.2, 0.25) is 0 Å². The minimum absolute atomic E-state index is 0.187. The Kier molecular flexibility index (Phi) is 5.02. The number of aliphatic hydroxyl groups excluding tert-OH is 1. The molecule has 1 atom stereocenters. The first-order valence-corrected chi connectivity index (χ1v) is 5.16. The molecule has 0 aliphatic heterocycles. The molecule has 0 saturated carbocycles. The zero-order valence-electron chi connectivity index (χ0n) is 8.52. The van der Waals surface area contributed by atoms with Crippen LogP contribution in [-0.2, 0) is 6.42 Å².